The van der Waals surface area contributed by atoms with Gasteiger partial charge in [0.2, 0.25) is 0 Å². The summed E-state index contributed by atoms with van der Waals surface area (Å²) in [5.74, 6) is -0.684. The molecular formula is C3H4CeN4O2. The molecule has 1 aromatic rings. The van der Waals surface area contributed by atoms with Crippen molar-refractivity contribution in [1.29, 1.82) is 0 Å². The molecule has 0 spiro atoms. The third-order valence-electron chi connectivity index (χ3n) is 0.708. The van der Waals surface area contributed by atoms with Crippen LogP contribution >= 0.6 is 0 Å². The molecule has 0 aliphatic heterocycles. The zero-order valence-corrected chi connectivity index (χ0v) is 8.04. The molecule has 1 aromatic heterocycles. The van der Waals surface area contributed by atoms with Gasteiger partial charge in [0.25, 0.3) is 0 Å². The summed E-state index contributed by atoms with van der Waals surface area (Å²) in [6.45, 7) is 0. The Kier molecular flexibility index (Phi) is 4.65. The number of aromatic nitrogens is 4. The summed E-state index contributed by atoms with van der Waals surface area (Å²) in [6, 6.07) is 0. The maximum absolute atomic E-state index is 9.95. The number of nitrogens with one attached hydrogen (secondary N) is 1. The van der Waals surface area contributed by atoms with Crippen LogP contribution in [0.15, 0.2) is 0 Å². The molecule has 0 radical (unpaired) electrons. The van der Waals surface area contributed by atoms with Gasteiger partial charge in [0.1, 0.15) is 6.42 Å². The van der Waals surface area contributed by atoms with Gasteiger partial charge in [-0.3, -0.25) is 4.79 Å². The number of nitrogens with zero attached hydrogens (tertiary/aromatic N) is 3. The molecule has 6 nitrogen and oxygen atoms in total. The molecule has 52 valence electrons. The van der Waals surface area contributed by atoms with E-state index in [4.69, 9.17) is 5.11 Å². The SMILES string of the molecule is O=C(O)Cc1nnn[nH]1.[Ce]. The van der Waals surface area contributed by atoms with Gasteiger partial charge in [0.15, 0.2) is 5.82 Å². The van der Waals surface area contributed by atoms with Crippen molar-refractivity contribution in [3.8, 4) is 0 Å². The predicted molar refractivity (Wildman–Crippen MR) is 25.5 cm³/mol. The molecule has 1 heterocycles. The van der Waals surface area contributed by atoms with Crippen LogP contribution in [0.25, 0.3) is 0 Å². The fraction of sp³-hybridized carbons (Fsp3) is 0.333. The van der Waals surface area contributed by atoms with Crippen molar-refractivity contribution in [3.63, 3.8) is 0 Å². The largest absolute Gasteiger partial charge is 0.481 e. The number of carbonyl (C=O) groups is 1. The number of rotatable bonds is 2. The summed E-state index contributed by atoms with van der Waals surface area (Å²) in [6.07, 6.45) is -0.160. The van der Waals surface area contributed by atoms with E-state index in [0.29, 0.717) is 0 Å². The van der Waals surface area contributed by atoms with Crippen LogP contribution < -0.4 is 0 Å². The van der Waals surface area contributed by atoms with Crippen LogP contribution in [0.3, 0.4) is 0 Å². The summed E-state index contributed by atoms with van der Waals surface area (Å²) in [5.41, 5.74) is 0. The molecular weight excluding hydrogens is 264 g/mol. The molecule has 0 unspecified atom stereocenters. The van der Waals surface area contributed by atoms with Gasteiger partial charge in [-0.2, -0.15) is 0 Å². The summed E-state index contributed by atoms with van der Waals surface area (Å²) in [5, 5.41) is 20.2. The number of H-pyrrole nitrogens is 1. The second-order valence-electron chi connectivity index (χ2n) is 1.42. The third-order valence-corrected chi connectivity index (χ3v) is 0.708. The number of carboxylic acids is 1. The average molecular weight is 268 g/mol. The second kappa shape index (κ2) is 4.69. The first-order valence-electron chi connectivity index (χ1n) is 2.23. The molecule has 10 heavy (non-hydrogen) atoms. The van der Waals surface area contributed by atoms with Gasteiger partial charge >= 0.3 is 5.97 Å². The van der Waals surface area contributed by atoms with Crippen LogP contribution in [-0.2, 0) is 11.2 Å². The number of aromatic amines is 1. The van der Waals surface area contributed by atoms with Crippen LogP contribution in [0.4, 0.5) is 0 Å². The van der Waals surface area contributed by atoms with Gasteiger partial charge in [0.05, 0.1) is 0 Å². The molecule has 7 heteroatoms. The van der Waals surface area contributed by atoms with Gasteiger partial charge in [-0.25, -0.2) is 5.10 Å². The van der Waals surface area contributed by atoms with E-state index in [1.807, 2.05) is 0 Å². The first-order chi connectivity index (χ1) is 4.29. The molecule has 0 saturated heterocycles. The minimum absolute atomic E-state index is 0. The smallest absolute Gasteiger partial charge is 0.311 e. The number of aliphatic carboxylic acids is 1. The normalized spacial score (nSPS) is 8.40. The molecule has 0 fully saturated rings. The molecule has 0 saturated carbocycles. The van der Waals surface area contributed by atoms with Crippen LogP contribution in [0, 0.1) is 41.7 Å². The first kappa shape index (κ1) is 9.92. The van der Waals surface area contributed by atoms with Gasteiger partial charge in [-0.1, -0.05) is 0 Å². The van der Waals surface area contributed by atoms with E-state index in [9.17, 15) is 4.79 Å². The molecule has 0 amide bonds. The van der Waals surface area contributed by atoms with Gasteiger partial charge in [-0.05, 0) is 10.4 Å². The molecule has 0 aliphatic rings. The van der Waals surface area contributed by atoms with Gasteiger partial charge < -0.3 is 5.11 Å². The van der Waals surface area contributed by atoms with Gasteiger partial charge in [0, 0.05) is 41.7 Å². The Balaban J connectivity index is 0.000000810. The zero-order valence-electron chi connectivity index (χ0n) is 4.90. The van der Waals surface area contributed by atoms with Crippen molar-refractivity contribution in [2.75, 3.05) is 0 Å². The van der Waals surface area contributed by atoms with E-state index >= 15 is 0 Å². The third kappa shape index (κ3) is 3.18. The average Bonchev–Trinajstić information content (AvgIpc) is 2.15. The van der Waals surface area contributed by atoms with E-state index in [2.05, 4.69) is 20.6 Å². The predicted octanol–water partition coefficient (Wildman–Crippen LogP) is -1.17. The van der Waals surface area contributed by atoms with Crippen LogP contribution in [0.1, 0.15) is 5.82 Å². The monoisotopic (exact) mass is 268 g/mol. The summed E-state index contributed by atoms with van der Waals surface area (Å²) < 4.78 is 0. The van der Waals surface area contributed by atoms with Crippen molar-refractivity contribution >= 4 is 5.97 Å². The van der Waals surface area contributed by atoms with E-state index < -0.39 is 5.97 Å². The number of carboxylic acid groups (broad SMARTS) is 1. The van der Waals surface area contributed by atoms with Crippen molar-refractivity contribution < 1.29 is 51.6 Å². The summed E-state index contributed by atoms with van der Waals surface area (Å²) in [4.78, 5) is 9.95. The number of hydrogen-bond donors (Lipinski definition) is 2. The first-order valence-corrected chi connectivity index (χ1v) is 2.23. The molecule has 0 aromatic carbocycles. The number of tetrazole rings is 1. The second-order valence-corrected chi connectivity index (χ2v) is 1.42. The van der Waals surface area contributed by atoms with Crippen LogP contribution in [0.5, 0.6) is 0 Å². The van der Waals surface area contributed by atoms with Crippen molar-refractivity contribution in [1.82, 2.24) is 20.6 Å². The van der Waals surface area contributed by atoms with Crippen molar-refractivity contribution in [3.05, 3.63) is 5.82 Å². The summed E-state index contributed by atoms with van der Waals surface area (Å²) >= 11 is 0. The Morgan fingerprint density at radius 1 is 1.70 bits per heavy atom. The van der Waals surface area contributed by atoms with E-state index in [1.54, 1.807) is 0 Å². The Hall–Kier alpha value is -0.0834. The topological polar surface area (TPSA) is 91.8 Å². The fourth-order valence-corrected chi connectivity index (χ4v) is 0.397. The minimum atomic E-state index is -0.950. The van der Waals surface area contributed by atoms with Crippen molar-refractivity contribution in [2.45, 2.75) is 6.42 Å². The Morgan fingerprint density at radius 3 is 2.80 bits per heavy atom. The molecule has 1 rings (SSSR count). The molecule has 0 bridgehead atoms. The standard InChI is InChI=1S/C3H4N4O2.Ce/c8-3(9)1-2-4-6-7-5-2;/h1H2,(H,8,9)(H,4,5,6,7);. The summed E-state index contributed by atoms with van der Waals surface area (Å²) in [7, 11) is 0. The maximum atomic E-state index is 9.95. The van der Waals surface area contributed by atoms with Crippen LogP contribution in [0.2, 0.25) is 0 Å². The van der Waals surface area contributed by atoms with E-state index in [-0.39, 0.29) is 54.0 Å². The maximum Gasteiger partial charge on any atom is 0.311 e. The minimum Gasteiger partial charge on any atom is -0.481 e. The van der Waals surface area contributed by atoms with E-state index in [1.165, 1.54) is 0 Å². The fourth-order valence-electron chi connectivity index (χ4n) is 0.397. The Labute approximate surface area is 89.8 Å². The van der Waals surface area contributed by atoms with Crippen LogP contribution in [-0.4, -0.2) is 31.7 Å². The quantitative estimate of drug-likeness (QED) is 0.705. The van der Waals surface area contributed by atoms with Gasteiger partial charge in [-0.15, -0.1) is 5.10 Å². The Bertz CT molecular complexity index is 198. The molecule has 0 aliphatic carbocycles. The molecule has 2 N–H and O–H groups in total. The number of hydrogen-bond acceptors (Lipinski definition) is 4. The zero-order chi connectivity index (χ0) is 6.69. The van der Waals surface area contributed by atoms with E-state index in [0.717, 1.165) is 0 Å². The van der Waals surface area contributed by atoms with Crippen molar-refractivity contribution in [2.24, 2.45) is 0 Å². The molecule has 0 atom stereocenters. The Morgan fingerprint density at radius 2 is 2.40 bits per heavy atom.